The summed E-state index contributed by atoms with van der Waals surface area (Å²) in [6, 6.07) is 4.25. The summed E-state index contributed by atoms with van der Waals surface area (Å²) in [5.74, 6) is -1.57. The summed E-state index contributed by atoms with van der Waals surface area (Å²) in [6.45, 7) is 3.53. The van der Waals surface area contributed by atoms with Crippen molar-refractivity contribution in [3.63, 3.8) is 0 Å². The van der Waals surface area contributed by atoms with Crippen LogP contribution < -0.4 is 4.74 Å². The van der Waals surface area contributed by atoms with Crippen LogP contribution in [0.3, 0.4) is 0 Å². The number of allylic oxidation sites excluding steroid dienone is 2. The molecule has 1 aromatic rings. The first-order valence-corrected chi connectivity index (χ1v) is 5.41. The summed E-state index contributed by atoms with van der Waals surface area (Å²) in [5, 5.41) is 9.16. The van der Waals surface area contributed by atoms with E-state index in [4.69, 9.17) is 9.84 Å². The Morgan fingerprint density at radius 3 is 2.68 bits per heavy atom. The fourth-order valence-corrected chi connectivity index (χ4v) is 1.65. The fourth-order valence-electron chi connectivity index (χ4n) is 1.65. The van der Waals surface area contributed by atoms with E-state index in [-0.39, 0.29) is 22.5 Å². The number of nitrogens with zero attached hydrogens (tertiary/aromatic N) is 1. The molecule has 0 saturated heterocycles. The molecular weight excluding hydrogens is 249 g/mol. The molecule has 100 valence electrons. The Kier molecular flexibility index (Phi) is 5.00. The van der Waals surface area contributed by atoms with E-state index >= 15 is 0 Å². The van der Waals surface area contributed by atoms with Crippen LogP contribution in [-0.2, 0) is 4.79 Å². The first-order valence-electron chi connectivity index (χ1n) is 5.41. The largest absolute Gasteiger partial charge is 0.496 e. The van der Waals surface area contributed by atoms with Crippen molar-refractivity contribution >= 4 is 17.8 Å². The maximum Gasteiger partial charge on any atom is 0.337 e. The smallest absolute Gasteiger partial charge is 0.337 e. The van der Waals surface area contributed by atoms with Crippen molar-refractivity contribution in [2.24, 2.45) is 4.99 Å². The third-order valence-electron chi connectivity index (χ3n) is 2.45. The van der Waals surface area contributed by atoms with Crippen LogP contribution >= 0.6 is 0 Å². The molecule has 0 aliphatic carbocycles. The monoisotopic (exact) mass is 263 g/mol. The van der Waals surface area contributed by atoms with Crippen molar-refractivity contribution in [3.05, 3.63) is 47.8 Å². The number of carboxylic acids is 1. The molecule has 0 heterocycles. The minimum absolute atomic E-state index is 0.0531. The van der Waals surface area contributed by atoms with E-state index in [9.17, 15) is 9.18 Å². The Hall–Kier alpha value is -2.43. The third kappa shape index (κ3) is 3.07. The van der Waals surface area contributed by atoms with Gasteiger partial charge in [-0.1, -0.05) is 18.7 Å². The molecule has 0 atom stereocenters. The minimum Gasteiger partial charge on any atom is -0.496 e. The summed E-state index contributed by atoms with van der Waals surface area (Å²) >= 11 is 0. The van der Waals surface area contributed by atoms with E-state index in [1.807, 2.05) is 0 Å². The number of aliphatic imine (C=N–C) groups is 1. The van der Waals surface area contributed by atoms with Gasteiger partial charge in [-0.3, -0.25) is 4.99 Å². The number of carbonyl (C=O) groups is 1. The van der Waals surface area contributed by atoms with Crippen molar-refractivity contribution in [1.29, 1.82) is 0 Å². The van der Waals surface area contributed by atoms with Gasteiger partial charge in [0.1, 0.15) is 11.6 Å². The second-order valence-electron chi connectivity index (χ2n) is 3.54. The maximum atomic E-state index is 13.9. The van der Waals surface area contributed by atoms with Crippen LogP contribution in [0.25, 0.3) is 5.57 Å². The van der Waals surface area contributed by atoms with Gasteiger partial charge in [-0.2, -0.15) is 0 Å². The molecule has 0 aliphatic rings. The molecule has 19 heavy (non-hydrogen) atoms. The van der Waals surface area contributed by atoms with Crippen molar-refractivity contribution in [2.45, 2.75) is 0 Å². The molecule has 0 aliphatic heterocycles. The Morgan fingerprint density at radius 1 is 1.53 bits per heavy atom. The number of methoxy groups -OCH3 is 1. The molecule has 0 amide bonds. The van der Waals surface area contributed by atoms with Gasteiger partial charge in [0, 0.05) is 18.8 Å². The molecule has 0 saturated carbocycles. The summed E-state index contributed by atoms with van der Waals surface area (Å²) < 4.78 is 19.0. The number of carboxylic acid groups (broad SMARTS) is 1. The Balaban J connectivity index is 3.67. The van der Waals surface area contributed by atoms with Crippen molar-refractivity contribution in [1.82, 2.24) is 0 Å². The minimum atomic E-state index is -1.22. The molecule has 4 nitrogen and oxygen atoms in total. The zero-order chi connectivity index (χ0) is 14.4. The zero-order valence-corrected chi connectivity index (χ0v) is 10.7. The average molecular weight is 263 g/mol. The van der Waals surface area contributed by atoms with E-state index < -0.39 is 11.8 Å². The topological polar surface area (TPSA) is 58.9 Å². The molecule has 0 radical (unpaired) electrons. The van der Waals surface area contributed by atoms with E-state index in [0.29, 0.717) is 0 Å². The first-order chi connectivity index (χ1) is 9.06. The first kappa shape index (κ1) is 14.6. The van der Waals surface area contributed by atoms with Crippen LogP contribution in [-0.4, -0.2) is 31.4 Å². The van der Waals surface area contributed by atoms with Crippen LogP contribution in [0.2, 0.25) is 0 Å². The fraction of sp³-hybridized carbons (Fsp3) is 0.143. The Labute approximate surface area is 110 Å². The maximum absolute atomic E-state index is 13.9. The summed E-state index contributed by atoms with van der Waals surface area (Å²) in [4.78, 5) is 14.9. The summed E-state index contributed by atoms with van der Waals surface area (Å²) in [6.07, 6.45) is 2.41. The van der Waals surface area contributed by atoms with Gasteiger partial charge in [0.05, 0.1) is 18.2 Å². The summed E-state index contributed by atoms with van der Waals surface area (Å²) in [7, 11) is 2.82. The predicted molar refractivity (Wildman–Crippen MR) is 72.1 cm³/mol. The van der Waals surface area contributed by atoms with Crippen LogP contribution in [0, 0.1) is 5.82 Å². The quantitative estimate of drug-likeness (QED) is 0.504. The van der Waals surface area contributed by atoms with Crippen LogP contribution in [0.5, 0.6) is 5.75 Å². The number of halogens is 1. The lowest BCUT2D eigenvalue weighted by molar-refractivity contribution is -0.131. The zero-order valence-electron chi connectivity index (χ0n) is 10.7. The molecule has 1 rings (SSSR count). The number of aliphatic carboxylic acids is 1. The van der Waals surface area contributed by atoms with Gasteiger partial charge >= 0.3 is 5.97 Å². The van der Waals surface area contributed by atoms with Crippen molar-refractivity contribution < 1.29 is 19.0 Å². The van der Waals surface area contributed by atoms with Gasteiger partial charge in [0.25, 0.3) is 0 Å². The van der Waals surface area contributed by atoms with Gasteiger partial charge < -0.3 is 9.84 Å². The normalized spacial score (nSPS) is 12.2. The van der Waals surface area contributed by atoms with Gasteiger partial charge in [-0.05, 0) is 12.1 Å². The van der Waals surface area contributed by atoms with Crippen LogP contribution in [0.4, 0.5) is 4.39 Å². The van der Waals surface area contributed by atoms with Gasteiger partial charge in [0.15, 0.2) is 0 Å². The molecule has 0 unspecified atom stereocenters. The number of ether oxygens (including phenoxy) is 1. The van der Waals surface area contributed by atoms with Gasteiger partial charge in [0.2, 0.25) is 0 Å². The van der Waals surface area contributed by atoms with E-state index in [1.165, 1.54) is 32.4 Å². The Bertz CT molecular complexity index is 562. The van der Waals surface area contributed by atoms with Crippen molar-refractivity contribution in [2.75, 3.05) is 14.2 Å². The lowest BCUT2D eigenvalue weighted by Crippen LogP contribution is -2.07. The second-order valence-corrected chi connectivity index (χ2v) is 3.54. The van der Waals surface area contributed by atoms with E-state index in [1.54, 1.807) is 6.07 Å². The number of rotatable bonds is 5. The predicted octanol–water partition coefficient (Wildman–Crippen LogP) is 2.56. The lowest BCUT2D eigenvalue weighted by atomic mass is 9.98. The SMILES string of the molecule is C=C/C(=C(\C=N/C)C(=O)O)c1c(F)cccc1OC. The number of hydrogen-bond acceptors (Lipinski definition) is 3. The molecule has 0 bridgehead atoms. The highest BCUT2D eigenvalue weighted by atomic mass is 19.1. The molecule has 1 aromatic carbocycles. The average Bonchev–Trinajstić information content (AvgIpc) is 2.39. The molecule has 0 fully saturated rings. The molecule has 1 N–H and O–H groups in total. The van der Waals surface area contributed by atoms with Crippen molar-refractivity contribution in [3.8, 4) is 5.75 Å². The van der Waals surface area contributed by atoms with E-state index in [2.05, 4.69) is 11.6 Å². The second kappa shape index (κ2) is 6.49. The summed E-state index contributed by atoms with van der Waals surface area (Å²) in [5.41, 5.74) is 0.0197. The van der Waals surface area contributed by atoms with E-state index in [0.717, 1.165) is 6.21 Å². The molecule has 5 heteroatoms. The van der Waals surface area contributed by atoms with Gasteiger partial charge in [-0.25, -0.2) is 9.18 Å². The number of hydrogen-bond donors (Lipinski definition) is 1. The highest BCUT2D eigenvalue weighted by Crippen LogP contribution is 2.31. The Morgan fingerprint density at radius 2 is 2.21 bits per heavy atom. The van der Waals surface area contributed by atoms with Gasteiger partial charge in [-0.15, -0.1) is 0 Å². The van der Waals surface area contributed by atoms with Crippen LogP contribution in [0.1, 0.15) is 5.56 Å². The lowest BCUT2D eigenvalue weighted by Gasteiger charge is -2.11. The third-order valence-corrected chi connectivity index (χ3v) is 2.45. The highest BCUT2D eigenvalue weighted by molar-refractivity contribution is 6.17. The molecule has 0 spiro atoms. The highest BCUT2D eigenvalue weighted by Gasteiger charge is 2.18. The number of benzene rings is 1. The standard InChI is InChI=1S/C14H14FNO3/c1-4-9(10(8-16-2)14(17)18)13-11(15)6-5-7-12(13)19-3/h4-8H,1H2,2-3H3,(H,17,18)/b10-9-,16-8-. The van der Waals surface area contributed by atoms with Crippen LogP contribution in [0.15, 0.2) is 41.4 Å². The molecule has 0 aromatic heterocycles. The molecular formula is C14H14FNO3.